The van der Waals surface area contributed by atoms with E-state index in [0.717, 1.165) is 17.7 Å². The van der Waals surface area contributed by atoms with E-state index in [0.29, 0.717) is 36.1 Å². The molecule has 184 valence electrons. The minimum Gasteiger partial charge on any atom is -0.497 e. The van der Waals surface area contributed by atoms with Crippen molar-refractivity contribution in [3.8, 4) is 11.5 Å². The smallest absolute Gasteiger partial charge is 0.324 e. The number of hydrogen-bond donors (Lipinski definition) is 1. The second-order valence-electron chi connectivity index (χ2n) is 8.00. The summed E-state index contributed by atoms with van der Waals surface area (Å²) in [4.78, 5) is 16.8. The Kier molecular flexibility index (Phi) is 7.37. The van der Waals surface area contributed by atoms with E-state index in [4.69, 9.17) is 21.1 Å². The molecule has 1 saturated heterocycles. The zero-order valence-corrected chi connectivity index (χ0v) is 21.0. The molecule has 10 heteroatoms. The third kappa shape index (κ3) is 5.63. The number of carbonyl (C=O) groups excluding carboxylic acids is 1. The van der Waals surface area contributed by atoms with Crippen molar-refractivity contribution in [2.24, 2.45) is 0 Å². The Hall–Kier alpha value is -3.43. The lowest BCUT2D eigenvalue weighted by Gasteiger charge is -2.36. The first-order valence-corrected chi connectivity index (χ1v) is 12.8. The molecule has 0 spiro atoms. The summed E-state index contributed by atoms with van der Waals surface area (Å²) in [5, 5.41) is 0.305. The van der Waals surface area contributed by atoms with Crippen LogP contribution in [0.1, 0.15) is 12.0 Å². The van der Waals surface area contributed by atoms with E-state index in [2.05, 4.69) is 4.72 Å². The van der Waals surface area contributed by atoms with Gasteiger partial charge in [-0.15, -0.1) is 0 Å². The molecule has 0 radical (unpaired) electrons. The Morgan fingerprint density at radius 2 is 1.66 bits per heavy atom. The number of halogens is 1. The number of methoxy groups -OCH3 is 2. The van der Waals surface area contributed by atoms with Crippen molar-refractivity contribution in [3.05, 3.63) is 77.3 Å². The summed E-state index contributed by atoms with van der Waals surface area (Å²) < 4.78 is 39.3. The highest BCUT2D eigenvalue weighted by Crippen LogP contribution is 2.34. The van der Waals surface area contributed by atoms with E-state index >= 15 is 0 Å². The fourth-order valence-corrected chi connectivity index (χ4v) is 5.27. The molecule has 1 aliphatic rings. The van der Waals surface area contributed by atoms with E-state index in [-0.39, 0.29) is 16.6 Å². The Labute approximate surface area is 210 Å². The third-order valence-corrected chi connectivity index (χ3v) is 7.29. The van der Waals surface area contributed by atoms with Crippen molar-refractivity contribution in [2.45, 2.75) is 17.9 Å². The fourth-order valence-electron chi connectivity index (χ4n) is 3.90. The van der Waals surface area contributed by atoms with Crippen molar-refractivity contribution in [3.63, 3.8) is 0 Å². The number of ether oxygens (including phenoxy) is 2. The molecule has 2 amide bonds. The predicted molar refractivity (Wildman–Crippen MR) is 136 cm³/mol. The molecule has 0 aromatic heterocycles. The van der Waals surface area contributed by atoms with Crippen LogP contribution in [0, 0.1) is 0 Å². The van der Waals surface area contributed by atoms with Crippen LogP contribution in [0.3, 0.4) is 0 Å². The largest absolute Gasteiger partial charge is 0.497 e. The molecule has 35 heavy (non-hydrogen) atoms. The molecule has 0 unspecified atom stereocenters. The van der Waals surface area contributed by atoms with Gasteiger partial charge in [0.2, 0.25) is 0 Å². The SMILES string of the molecule is COc1ccc(CN2CCCN(c3ccc(OC)cc3NS(=O)(=O)c3cccc(Cl)c3)C2=O)cc1. The number of nitrogens with zero attached hydrogens (tertiary/aromatic N) is 2. The minimum atomic E-state index is -3.96. The van der Waals surface area contributed by atoms with Gasteiger partial charge < -0.3 is 14.4 Å². The van der Waals surface area contributed by atoms with Gasteiger partial charge in [-0.05, 0) is 54.4 Å². The first-order chi connectivity index (χ1) is 16.8. The van der Waals surface area contributed by atoms with Crippen molar-refractivity contribution in [2.75, 3.05) is 36.9 Å². The summed E-state index contributed by atoms with van der Waals surface area (Å²) in [7, 11) is -0.863. The van der Waals surface area contributed by atoms with E-state index in [1.54, 1.807) is 47.2 Å². The summed E-state index contributed by atoms with van der Waals surface area (Å²) in [5.41, 5.74) is 1.66. The normalized spacial score (nSPS) is 14.1. The van der Waals surface area contributed by atoms with Crippen LogP contribution in [-0.4, -0.2) is 46.7 Å². The van der Waals surface area contributed by atoms with Gasteiger partial charge >= 0.3 is 6.03 Å². The first kappa shape index (κ1) is 24.7. The molecule has 3 aromatic carbocycles. The summed E-state index contributed by atoms with van der Waals surface area (Å²) in [6.45, 7) is 1.48. The summed E-state index contributed by atoms with van der Waals surface area (Å²) in [5.74, 6) is 1.20. The van der Waals surface area contributed by atoms with Gasteiger partial charge in [0.15, 0.2) is 0 Å². The summed E-state index contributed by atoms with van der Waals surface area (Å²) >= 11 is 6.00. The number of sulfonamides is 1. The number of nitrogens with one attached hydrogen (secondary N) is 1. The molecule has 8 nitrogen and oxygen atoms in total. The second kappa shape index (κ2) is 10.5. The van der Waals surface area contributed by atoms with Crippen LogP contribution in [-0.2, 0) is 16.6 Å². The van der Waals surface area contributed by atoms with Crippen LogP contribution in [0.25, 0.3) is 0 Å². The van der Waals surface area contributed by atoms with Crippen LogP contribution in [0.4, 0.5) is 16.2 Å². The maximum atomic E-state index is 13.4. The van der Waals surface area contributed by atoms with Gasteiger partial charge in [-0.3, -0.25) is 9.62 Å². The number of benzene rings is 3. The number of anilines is 2. The lowest BCUT2D eigenvalue weighted by Crippen LogP contribution is -2.49. The molecule has 4 rings (SSSR count). The average molecular weight is 516 g/mol. The Bertz CT molecular complexity index is 1310. The van der Waals surface area contributed by atoms with Gasteiger partial charge in [-0.1, -0.05) is 29.8 Å². The van der Waals surface area contributed by atoms with Gasteiger partial charge in [0, 0.05) is 30.7 Å². The quantitative estimate of drug-likeness (QED) is 0.456. The molecule has 0 aliphatic carbocycles. The maximum Gasteiger partial charge on any atom is 0.324 e. The zero-order chi connectivity index (χ0) is 25.0. The summed E-state index contributed by atoms with van der Waals surface area (Å²) in [6, 6.07) is 18.3. The maximum absolute atomic E-state index is 13.4. The third-order valence-electron chi connectivity index (χ3n) is 5.69. The monoisotopic (exact) mass is 515 g/mol. The van der Waals surface area contributed by atoms with Crippen LogP contribution < -0.4 is 19.1 Å². The number of amides is 2. The van der Waals surface area contributed by atoms with Gasteiger partial charge in [0.25, 0.3) is 10.0 Å². The molecule has 0 saturated carbocycles. The standard InChI is InChI=1S/C25H26ClN3O5S/c1-33-20-9-7-18(8-10-20)17-28-13-4-14-29(25(28)30)24-12-11-21(34-2)16-23(24)27-35(31,32)22-6-3-5-19(26)15-22/h3,5-12,15-16,27H,4,13-14,17H2,1-2H3. The van der Waals surface area contributed by atoms with Gasteiger partial charge in [0.05, 0.1) is 30.5 Å². The molecule has 1 N–H and O–H groups in total. The molecule has 1 heterocycles. The lowest BCUT2D eigenvalue weighted by molar-refractivity contribution is 0.192. The second-order valence-corrected chi connectivity index (χ2v) is 10.1. The Morgan fingerprint density at radius 1 is 0.943 bits per heavy atom. The van der Waals surface area contributed by atoms with Crippen LogP contribution in [0.5, 0.6) is 11.5 Å². The molecule has 3 aromatic rings. The van der Waals surface area contributed by atoms with E-state index in [1.165, 1.54) is 19.2 Å². The van der Waals surface area contributed by atoms with Crippen molar-refractivity contribution in [1.82, 2.24) is 4.90 Å². The zero-order valence-electron chi connectivity index (χ0n) is 19.4. The number of hydrogen-bond acceptors (Lipinski definition) is 5. The van der Waals surface area contributed by atoms with E-state index < -0.39 is 10.0 Å². The summed E-state index contributed by atoms with van der Waals surface area (Å²) in [6.07, 6.45) is 0.731. The fraction of sp³-hybridized carbons (Fsp3) is 0.240. The van der Waals surface area contributed by atoms with Gasteiger partial charge in [-0.2, -0.15) is 0 Å². The highest BCUT2D eigenvalue weighted by Gasteiger charge is 2.29. The first-order valence-electron chi connectivity index (χ1n) is 11.0. The molecule has 1 aliphatic heterocycles. The van der Waals surface area contributed by atoms with E-state index in [9.17, 15) is 13.2 Å². The molecule has 0 bridgehead atoms. The van der Waals surface area contributed by atoms with Gasteiger partial charge in [-0.25, -0.2) is 13.2 Å². The lowest BCUT2D eigenvalue weighted by atomic mass is 10.1. The number of rotatable bonds is 8. The van der Waals surface area contributed by atoms with Gasteiger partial charge in [0.1, 0.15) is 11.5 Å². The predicted octanol–water partition coefficient (Wildman–Crippen LogP) is 4.99. The molecular weight excluding hydrogens is 490 g/mol. The van der Waals surface area contributed by atoms with Crippen molar-refractivity contribution in [1.29, 1.82) is 0 Å². The minimum absolute atomic E-state index is 0.0184. The topological polar surface area (TPSA) is 88.2 Å². The van der Waals surface area contributed by atoms with Crippen LogP contribution >= 0.6 is 11.6 Å². The number of carbonyl (C=O) groups is 1. The average Bonchev–Trinajstić information content (AvgIpc) is 2.86. The Morgan fingerprint density at radius 3 is 2.34 bits per heavy atom. The number of urea groups is 1. The van der Waals surface area contributed by atoms with Crippen molar-refractivity contribution >= 4 is 39.0 Å². The molecule has 1 fully saturated rings. The van der Waals surface area contributed by atoms with Crippen LogP contribution in [0.2, 0.25) is 5.02 Å². The Balaban J connectivity index is 1.62. The highest BCUT2D eigenvalue weighted by molar-refractivity contribution is 7.92. The van der Waals surface area contributed by atoms with Crippen molar-refractivity contribution < 1.29 is 22.7 Å². The molecular formula is C25H26ClN3O5S. The van der Waals surface area contributed by atoms with E-state index in [1.807, 2.05) is 24.3 Å². The van der Waals surface area contributed by atoms with Crippen LogP contribution in [0.15, 0.2) is 71.6 Å². The molecule has 0 atom stereocenters. The highest BCUT2D eigenvalue weighted by atomic mass is 35.5.